The van der Waals surface area contributed by atoms with Crippen LogP contribution < -0.4 is 0 Å². The van der Waals surface area contributed by atoms with Crippen molar-refractivity contribution < 1.29 is 40.5 Å². The van der Waals surface area contributed by atoms with Crippen molar-refractivity contribution in [1.29, 1.82) is 0 Å². The smallest absolute Gasteiger partial charge is 0.759 e. The van der Waals surface area contributed by atoms with Gasteiger partial charge in [-0.05, 0) is 0 Å². The number of hydrogen-bond acceptors (Lipinski definition) is 6. The molecule has 0 aliphatic carbocycles. The van der Waals surface area contributed by atoms with E-state index in [1.54, 1.807) is 0 Å². The minimum Gasteiger partial charge on any atom is -0.759 e. The third kappa shape index (κ3) is 1180. The summed E-state index contributed by atoms with van der Waals surface area (Å²) in [6.45, 7) is 0. The Balaban J connectivity index is -0.0000000457. The molecule has 0 unspecified atom stereocenters. The molecule has 4 N–H and O–H groups in total. The zero-order valence-corrected chi connectivity index (χ0v) is 9.21. The molecule has 0 heterocycles. The fourth-order valence-corrected chi connectivity index (χ4v) is 0. The standard InChI is InChI=1S/Ca.2H2O4S.H2O/c;2*1-5(2,3)4;/h;2*(H2,1,2,3,4);1H2/q+2;;;/p-2. The molecule has 0 saturated carbocycles. The van der Waals surface area contributed by atoms with Crippen LogP contribution in [0.4, 0.5) is 0 Å². The van der Waals surface area contributed by atoms with E-state index in [4.69, 9.17) is 35.0 Å². The summed E-state index contributed by atoms with van der Waals surface area (Å²) in [6.07, 6.45) is 0. The molecular formula is H4CaO9S2. The molecule has 0 rings (SSSR count). The predicted octanol–water partition coefficient (Wildman–Crippen LogP) is -3.20. The van der Waals surface area contributed by atoms with Gasteiger partial charge in [0.05, 0.1) is 0 Å². The summed E-state index contributed by atoms with van der Waals surface area (Å²) in [6, 6.07) is 0. The maximum absolute atomic E-state index is 8.74. The van der Waals surface area contributed by atoms with Gasteiger partial charge in [-0.25, -0.2) is 0 Å². The maximum atomic E-state index is 8.74. The first-order chi connectivity index (χ1) is 4.00. The second-order valence-corrected chi connectivity index (χ2v) is 2.57. The fraction of sp³-hybridized carbons (Fsp3) is 0. The second kappa shape index (κ2) is 8.55. The van der Waals surface area contributed by atoms with Gasteiger partial charge in [0, 0.05) is 10.4 Å². The quantitative estimate of drug-likeness (QED) is 0.256. The van der Waals surface area contributed by atoms with Gasteiger partial charge in [-0.1, -0.05) is 0 Å². The van der Waals surface area contributed by atoms with E-state index in [-0.39, 0.29) is 43.2 Å². The maximum Gasteiger partial charge on any atom is 2.00 e. The van der Waals surface area contributed by atoms with Gasteiger partial charge < -0.3 is 14.6 Å². The summed E-state index contributed by atoms with van der Waals surface area (Å²) in [4.78, 5) is 0. The Morgan fingerprint density at radius 1 is 0.917 bits per heavy atom. The van der Waals surface area contributed by atoms with E-state index in [1.807, 2.05) is 0 Å². The van der Waals surface area contributed by atoms with Crippen LogP contribution in [0, 0.1) is 0 Å². The Labute approximate surface area is 98.2 Å². The molecular weight excluding hydrogens is 248 g/mol. The monoisotopic (exact) mass is 252 g/mol. The van der Waals surface area contributed by atoms with E-state index >= 15 is 0 Å². The van der Waals surface area contributed by atoms with Crippen molar-refractivity contribution in [3.8, 4) is 0 Å². The Morgan fingerprint density at radius 3 is 0.917 bits per heavy atom. The van der Waals surface area contributed by atoms with Crippen LogP contribution in [0.2, 0.25) is 0 Å². The van der Waals surface area contributed by atoms with Crippen LogP contribution in [0.25, 0.3) is 0 Å². The van der Waals surface area contributed by atoms with Gasteiger partial charge >= 0.3 is 48.1 Å². The number of hydrogen-bond donors (Lipinski definition) is 2. The molecule has 9 nitrogen and oxygen atoms in total. The summed E-state index contributed by atoms with van der Waals surface area (Å²) in [5.41, 5.74) is 0. The summed E-state index contributed by atoms with van der Waals surface area (Å²) < 4.78 is 65.7. The van der Waals surface area contributed by atoms with Crippen LogP contribution >= 0.6 is 0 Å². The van der Waals surface area contributed by atoms with Crippen molar-refractivity contribution in [2.75, 3.05) is 0 Å². The normalized spacial score (nSPS) is 9.67. The third-order valence-corrected chi connectivity index (χ3v) is 0. The first kappa shape index (κ1) is 23.1. The zero-order valence-electron chi connectivity index (χ0n) is 5.37. The van der Waals surface area contributed by atoms with Crippen LogP contribution in [-0.4, -0.2) is 78.3 Å². The molecule has 12 heavy (non-hydrogen) atoms. The van der Waals surface area contributed by atoms with Gasteiger partial charge in [-0.3, -0.25) is 17.5 Å². The summed E-state index contributed by atoms with van der Waals surface area (Å²) >= 11 is 0. The Hall–Kier alpha value is 0.960. The van der Waals surface area contributed by atoms with Crippen molar-refractivity contribution in [2.24, 2.45) is 0 Å². The molecule has 0 atom stereocenters. The first-order valence-electron chi connectivity index (χ1n) is 1.37. The van der Waals surface area contributed by atoms with Crippen LogP contribution in [0.3, 0.4) is 0 Å². The molecule has 0 aromatic carbocycles. The van der Waals surface area contributed by atoms with Crippen molar-refractivity contribution in [1.82, 2.24) is 0 Å². The Morgan fingerprint density at radius 2 is 0.917 bits per heavy atom. The van der Waals surface area contributed by atoms with E-state index in [0.29, 0.717) is 0 Å². The van der Waals surface area contributed by atoms with Crippen molar-refractivity contribution in [3.63, 3.8) is 0 Å². The summed E-state index contributed by atoms with van der Waals surface area (Å²) in [5, 5.41) is 0. The van der Waals surface area contributed by atoms with Gasteiger partial charge in [-0.15, -0.1) is 0 Å². The van der Waals surface area contributed by atoms with Crippen LogP contribution in [0.15, 0.2) is 0 Å². The summed E-state index contributed by atoms with van der Waals surface area (Å²) in [5.74, 6) is 0. The molecule has 12 heteroatoms. The molecule has 0 aromatic rings. The Kier molecular flexibility index (Phi) is 16.5. The van der Waals surface area contributed by atoms with E-state index < -0.39 is 20.8 Å². The van der Waals surface area contributed by atoms with Gasteiger partial charge in [0.15, 0.2) is 0 Å². The number of rotatable bonds is 0. The van der Waals surface area contributed by atoms with E-state index in [1.165, 1.54) is 0 Å². The SMILES string of the molecule is O.O=S(=O)(O)O.O=S(=O)([O-])[O-].[Ca+2]. The average molecular weight is 252 g/mol. The molecule has 0 spiro atoms. The van der Waals surface area contributed by atoms with Crippen LogP contribution in [0.1, 0.15) is 0 Å². The van der Waals surface area contributed by atoms with Gasteiger partial charge in [0.25, 0.3) is 0 Å². The summed E-state index contributed by atoms with van der Waals surface area (Å²) in [7, 11) is -9.83. The van der Waals surface area contributed by atoms with Crippen molar-refractivity contribution >= 4 is 58.5 Å². The molecule has 0 bridgehead atoms. The van der Waals surface area contributed by atoms with E-state index in [9.17, 15) is 0 Å². The molecule has 0 amide bonds. The van der Waals surface area contributed by atoms with Gasteiger partial charge in [0.1, 0.15) is 0 Å². The molecule has 0 aliphatic heterocycles. The van der Waals surface area contributed by atoms with Crippen LogP contribution in [0.5, 0.6) is 0 Å². The van der Waals surface area contributed by atoms with E-state index in [0.717, 1.165) is 0 Å². The topological polar surface area (TPSA) is 186 Å². The third-order valence-electron chi connectivity index (χ3n) is 0. The van der Waals surface area contributed by atoms with E-state index in [2.05, 4.69) is 0 Å². The molecule has 0 aliphatic rings. The van der Waals surface area contributed by atoms with Crippen molar-refractivity contribution in [3.05, 3.63) is 0 Å². The minimum atomic E-state index is -5.17. The van der Waals surface area contributed by atoms with Gasteiger partial charge in [-0.2, -0.15) is 8.42 Å². The molecule has 0 saturated heterocycles. The Bertz CT molecular complexity index is 209. The fourth-order valence-electron chi connectivity index (χ4n) is 0. The second-order valence-electron chi connectivity index (χ2n) is 0.856. The molecule has 0 aromatic heterocycles. The van der Waals surface area contributed by atoms with Crippen LogP contribution in [-0.2, 0) is 20.8 Å². The largest absolute Gasteiger partial charge is 2.00 e. The first-order valence-corrected chi connectivity index (χ1v) is 4.10. The van der Waals surface area contributed by atoms with Gasteiger partial charge in [0.2, 0.25) is 0 Å². The molecule has 0 radical (unpaired) electrons. The minimum absolute atomic E-state index is 0. The zero-order chi connectivity index (χ0) is 9.00. The average Bonchev–Trinajstić information content (AvgIpc) is 1.12. The predicted molar refractivity (Wildman–Crippen MR) is 34.0 cm³/mol. The molecule has 72 valence electrons. The molecule has 0 fully saturated rings. The van der Waals surface area contributed by atoms with Crippen molar-refractivity contribution in [2.45, 2.75) is 0 Å².